The monoisotopic (exact) mass is 176 g/mol. The molecule has 0 bridgehead atoms. The molecule has 1 aromatic carbocycles. The van der Waals surface area contributed by atoms with E-state index in [0.29, 0.717) is 12.9 Å². The summed E-state index contributed by atoms with van der Waals surface area (Å²) in [6, 6.07) is 7.43. The van der Waals surface area contributed by atoms with Crippen LogP contribution < -0.4 is 0 Å². The van der Waals surface area contributed by atoms with Gasteiger partial charge in [0.05, 0.1) is 6.61 Å². The molecule has 0 fully saturated rings. The van der Waals surface area contributed by atoms with Crippen LogP contribution in [0.15, 0.2) is 24.3 Å². The van der Waals surface area contributed by atoms with Gasteiger partial charge in [0.25, 0.3) is 0 Å². The number of fused-ring (bicyclic) bond motifs is 1. The minimum absolute atomic E-state index is 0.312. The standard InChI is InChI=1S/C10H8O3/c11-5-9(12)10-8-4-2-1-3-7(8)6-13-10/h1-5,10H,6H2. The van der Waals surface area contributed by atoms with Crippen LogP contribution in [0.4, 0.5) is 0 Å². The molecule has 0 aromatic heterocycles. The first-order valence-corrected chi connectivity index (χ1v) is 4.01. The molecule has 0 saturated heterocycles. The van der Waals surface area contributed by atoms with E-state index in [2.05, 4.69) is 0 Å². The largest absolute Gasteiger partial charge is 0.360 e. The zero-order valence-electron chi connectivity index (χ0n) is 6.90. The van der Waals surface area contributed by atoms with Crippen molar-refractivity contribution in [2.75, 3.05) is 0 Å². The smallest absolute Gasteiger partial charge is 0.228 e. The molecule has 1 unspecified atom stereocenters. The molecule has 66 valence electrons. The molecule has 0 amide bonds. The molecule has 1 aliphatic heterocycles. The first kappa shape index (κ1) is 8.13. The first-order chi connectivity index (χ1) is 6.33. The third kappa shape index (κ3) is 1.27. The van der Waals surface area contributed by atoms with Crippen LogP contribution >= 0.6 is 0 Å². The number of aldehydes is 1. The summed E-state index contributed by atoms with van der Waals surface area (Å²) in [4.78, 5) is 21.4. The fourth-order valence-electron chi connectivity index (χ4n) is 1.48. The third-order valence-electron chi connectivity index (χ3n) is 2.12. The van der Waals surface area contributed by atoms with Crippen molar-refractivity contribution < 1.29 is 14.3 Å². The van der Waals surface area contributed by atoms with Gasteiger partial charge in [-0.25, -0.2) is 0 Å². The van der Waals surface area contributed by atoms with E-state index >= 15 is 0 Å². The van der Waals surface area contributed by atoms with Gasteiger partial charge >= 0.3 is 0 Å². The molecule has 0 saturated carbocycles. The van der Waals surface area contributed by atoms with Crippen molar-refractivity contribution in [1.82, 2.24) is 0 Å². The maximum absolute atomic E-state index is 11.1. The highest BCUT2D eigenvalue weighted by Crippen LogP contribution is 2.30. The number of ether oxygens (including phenoxy) is 1. The number of benzene rings is 1. The van der Waals surface area contributed by atoms with Crippen molar-refractivity contribution in [3.05, 3.63) is 35.4 Å². The number of ketones is 1. The maximum atomic E-state index is 11.1. The van der Waals surface area contributed by atoms with Gasteiger partial charge in [-0.15, -0.1) is 0 Å². The lowest BCUT2D eigenvalue weighted by atomic mass is 10.0. The molecule has 0 spiro atoms. The number of hydrogen-bond acceptors (Lipinski definition) is 3. The van der Waals surface area contributed by atoms with Crippen LogP contribution in [0, 0.1) is 0 Å². The third-order valence-corrected chi connectivity index (χ3v) is 2.12. The fraction of sp³-hybridized carbons (Fsp3) is 0.200. The molecule has 1 heterocycles. The predicted octanol–water partition coefficient (Wildman–Crippen LogP) is 1.03. The lowest BCUT2D eigenvalue weighted by molar-refractivity contribution is -0.137. The summed E-state index contributed by atoms with van der Waals surface area (Å²) in [7, 11) is 0. The zero-order valence-corrected chi connectivity index (χ0v) is 6.90. The molecule has 13 heavy (non-hydrogen) atoms. The Morgan fingerprint density at radius 3 is 3.00 bits per heavy atom. The van der Waals surface area contributed by atoms with Gasteiger partial charge in [0, 0.05) is 0 Å². The number of Topliss-reactive ketones (excluding diaryl/α,β-unsaturated/α-hetero) is 1. The van der Waals surface area contributed by atoms with E-state index in [4.69, 9.17) is 4.74 Å². The van der Waals surface area contributed by atoms with Crippen molar-refractivity contribution in [2.24, 2.45) is 0 Å². The van der Waals surface area contributed by atoms with Crippen LogP contribution in [0.5, 0.6) is 0 Å². The van der Waals surface area contributed by atoms with Crippen LogP contribution in [0.1, 0.15) is 17.2 Å². The Hall–Kier alpha value is -1.48. The highest BCUT2D eigenvalue weighted by atomic mass is 16.5. The van der Waals surface area contributed by atoms with Crippen molar-refractivity contribution in [3.8, 4) is 0 Å². The summed E-state index contributed by atoms with van der Waals surface area (Å²) < 4.78 is 5.20. The lowest BCUT2D eigenvalue weighted by Gasteiger charge is -2.03. The van der Waals surface area contributed by atoms with E-state index in [0.717, 1.165) is 11.1 Å². The summed E-state index contributed by atoms with van der Waals surface area (Å²) in [5, 5.41) is 0. The van der Waals surface area contributed by atoms with Crippen molar-refractivity contribution in [1.29, 1.82) is 0 Å². The minimum Gasteiger partial charge on any atom is -0.360 e. The van der Waals surface area contributed by atoms with E-state index in [1.165, 1.54) is 0 Å². The van der Waals surface area contributed by atoms with Crippen LogP contribution in [0.3, 0.4) is 0 Å². The summed E-state index contributed by atoms with van der Waals surface area (Å²) in [6.45, 7) is 0.417. The summed E-state index contributed by atoms with van der Waals surface area (Å²) in [5.74, 6) is -0.509. The molecule has 3 nitrogen and oxygen atoms in total. The molecule has 2 rings (SSSR count). The topological polar surface area (TPSA) is 43.4 Å². The second-order valence-electron chi connectivity index (χ2n) is 2.91. The quantitative estimate of drug-likeness (QED) is 0.499. The van der Waals surface area contributed by atoms with Gasteiger partial charge in [-0.2, -0.15) is 0 Å². The summed E-state index contributed by atoms with van der Waals surface area (Å²) in [6.07, 6.45) is -0.360. The van der Waals surface area contributed by atoms with Gasteiger partial charge in [0.1, 0.15) is 6.10 Å². The molecule has 1 atom stereocenters. The number of carbonyl (C=O) groups is 2. The SMILES string of the molecule is O=CC(=O)C1OCc2ccccc21. The summed E-state index contributed by atoms with van der Waals surface area (Å²) >= 11 is 0. The zero-order chi connectivity index (χ0) is 9.26. The predicted molar refractivity (Wildman–Crippen MR) is 45.0 cm³/mol. The number of rotatable bonds is 2. The van der Waals surface area contributed by atoms with Gasteiger partial charge < -0.3 is 4.74 Å². The molecular weight excluding hydrogens is 168 g/mol. The Kier molecular flexibility index (Phi) is 1.94. The molecule has 0 aliphatic carbocycles. The van der Waals surface area contributed by atoms with E-state index in [1.807, 2.05) is 24.3 Å². The highest BCUT2D eigenvalue weighted by molar-refractivity contribution is 6.27. The number of hydrogen-bond donors (Lipinski definition) is 0. The van der Waals surface area contributed by atoms with Crippen LogP contribution in [0.25, 0.3) is 0 Å². The number of carbonyl (C=O) groups excluding carboxylic acids is 2. The molecule has 1 aliphatic rings. The summed E-state index contributed by atoms with van der Waals surface area (Å²) in [5.41, 5.74) is 1.81. The van der Waals surface area contributed by atoms with Crippen LogP contribution in [-0.2, 0) is 20.9 Å². The van der Waals surface area contributed by atoms with Crippen molar-refractivity contribution in [3.63, 3.8) is 0 Å². The van der Waals surface area contributed by atoms with E-state index in [-0.39, 0.29) is 0 Å². The van der Waals surface area contributed by atoms with Crippen LogP contribution in [-0.4, -0.2) is 12.1 Å². The first-order valence-electron chi connectivity index (χ1n) is 4.01. The van der Waals surface area contributed by atoms with E-state index in [9.17, 15) is 9.59 Å². The Balaban J connectivity index is 2.38. The Labute approximate surface area is 75.3 Å². The minimum atomic E-state index is -0.673. The normalized spacial score (nSPS) is 19.5. The lowest BCUT2D eigenvalue weighted by Crippen LogP contribution is -2.11. The van der Waals surface area contributed by atoms with Crippen molar-refractivity contribution >= 4 is 12.1 Å². The average Bonchev–Trinajstić information content (AvgIpc) is 2.60. The Morgan fingerprint density at radius 2 is 2.23 bits per heavy atom. The van der Waals surface area contributed by atoms with Gasteiger partial charge in [0.2, 0.25) is 5.78 Å². The maximum Gasteiger partial charge on any atom is 0.228 e. The van der Waals surface area contributed by atoms with Gasteiger partial charge in [-0.3, -0.25) is 9.59 Å². The molecule has 3 heteroatoms. The fourth-order valence-corrected chi connectivity index (χ4v) is 1.48. The van der Waals surface area contributed by atoms with Gasteiger partial charge in [0.15, 0.2) is 6.29 Å². The average molecular weight is 176 g/mol. The van der Waals surface area contributed by atoms with E-state index in [1.54, 1.807) is 0 Å². The van der Waals surface area contributed by atoms with Crippen molar-refractivity contribution in [2.45, 2.75) is 12.7 Å². The van der Waals surface area contributed by atoms with Crippen LogP contribution in [0.2, 0.25) is 0 Å². The van der Waals surface area contributed by atoms with E-state index < -0.39 is 11.9 Å². The van der Waals surface area contributed by atoms with Gasteiger partial charge in [-0.05, 0) is 11.1 Å². The second-order valence-corrected chi connectivity index (χ2v) is 2.91. The molecular formula is C10H8O3. The Morgan fingerprint density at radius 1 is 1.46 bits per heavy atom. The van der Waals surface area contributed by atoms with Gasteiger partial charge in [-0.1, -0.05) is 24.3 Å². The highest BCUT2D eigenvalue weighted by Gasteiger charge is 2.28. The molecule has 0 radical (unpaired) electrons. The molecule has 0 N–H and O–H groups in total. The molecule has 1 aromatic rings. The Bertz CT molecular complexity index is 357. The second kappa shape index (κ2) is 3.11.